The molecule has 1 aliphatic heterocycles. The highest BCUT2D eigenvalue weighted by Crippen LogP contribution is 2.29. The fourth-order valence-corrected chi connectivity index (χ4v) is 3.40. The molecule has 2 aromatic carbocycles. The maximum atomic E-state index is 12.6. The lowest BCUT2D eigenvalue weighted by molar-refractivity contribution is 0.0747. The molecule has 0 aliphatic carbocycles. The van der Waals surface area contributed by atoms with Gasteiger partial charge in [-0.25, -0.2) is 0 Å². The van der Waals surface area contributed by atoms with Crippen LogP contribution in [-0.4, -0.2) is 37.0 Å². The maximum Gasteiger partial charge on any atom is 0.254 e. The van der Waals surface area contributed by atoms with E-state index in [-0.39, 0.29) is 5.91 Å². The summed E-state index contributed by atoms with van der Waals surface area (Å²) < 4.78 is 0. The number of nitrogens with zero attached hydrogens (tertiary/aromatic N) is 2. The van der Waals surface area contributed by atoms with Crippen LogP contribution in [-0.2, 0) is 0 Å². The van der Waals surface area contributed by atoms with Gasteiger partial charge in [-0.2, -0.15) is 0 Å². The number of benzene rings is 2. The van der Waals surface area contributed by atoms with Crippen molar-refractivity contribution in [3.8, 4) is 0 Å². The SMILES string of the molecule is Nc1c(Cl)cc(C(=O)N2CCN(c3cccc(Cl)c3)CC2)cc1Cl. The average Bonchev–Trinajstić information content (AvgIpc) is 2.59. The minimum Gasteiger partial charge on any atom is -0.396 e. The van der Waals surface area contributed by atoms with Gasteiger partial charge < -0.3 is 15.5 Å². The molecule has 1 saturated heterocycles. The molecule has 2 N–H and O–H groups in total. The highest BCUT2D eigenvalue weighted by atomic mass is 35.5. The minimum atomic E-state index is -0.0930. The molecule has 0 spiro atoms. The number of carbonyl (C=O) groups is 1. The summed E-state index contributed by atoms with van der Waals surface area (Å²) in [5.74, 6) is -0.0930. The Morgan fingerprint density at radius 3 is 2.17 bits per heavy atom. The Morgan fingerprint density at radius 1 is 0.958 bits per heavy atom. The van der Waals surface area contributed by atoms with Gasteiger partial charge in [0.15, 0.2) is 0 Å². The van der Waals surface area contributed by atoms with Gasteiger partial charge in [-0.05, 0) is 30.3 Å². The molecule has 0 atom stereocenters. The van der Waals surface area contributed by atoms with Crippen LogP contribution in [0, 0.1) is 0 Å². The summed E-state index contributed by atoms with van der Waals surface area (Å²) in [6.07, 6.45) is 0. The van der Waals surface area contributed by atoms with E-state index in [0.29, 0.717) is 39.4 Å². The quantitative estimate of drug-likeness (QED) is 0.790. The number of anilines is 2. The molecule has 0 bridgehead atoms. The number of piperazine rings is 1. The summed E-state index contributed by atoms with van der Waals surface area (Å²) in [6, 6.07) is 10.8. The van der Waals surface area contributed by atoms with Crippen LogP contribution in [0.5, 0.6) is 0 Å². The Morgan fingerprint density at radius 2 is 1.58 bits per heavy atom. The molecule has 7 heteroatoms. The monoisotopic (exact) mass is 383 g/mol. The Hall–Kier alpha value is -1.62. The molecule has 0 aromatic heterocycles. The van der Waals surface area contributed by atoms with Crippen LogP contribution < -0.4 is 10.6 Å². The lowest BCUT2D eigenvalue weighted by atomic mass is 10.1. The normalized spacial score (nSPS) is 14.8. The van der Waals surface area contributed by atoms with Gasteiger partial charge in [0.1, 0.15) is 0 Å². The van der Waals surface area contributed by atoms with E-state index in [1.54, 1.807) is 17.0 Å². The first-order valence-electron chi connectivity index (χ1n) is 7.50. The van der Waals surface area contributed by atoms with E-state index in [4.69, 9.17) is 40.5 Å². The molecule has 1 fully saturated rings. The number of rotatable bonds is 2. The Kier molecular flexibility index (Phi) is 5.09. The van der Waals surface area contributed by atoms with Crippen LogP contribution in [0.25, 0.3) is 0 Å². The van der Waals surface area contributed by atoms with E-state index in [0.717, 1.165) is 18.8 Å². The van der Waals surface area contributed by atoms with Gasteiger partial charge in [-0.1, -0.05) is 40.9 Å². The minimum absolute atomic E-state index is 0.0930. The predicted molar refractivity (Wildman–Crippen MR) is 100 cm³/mol. The van der Waals surface area contributed by atoms with Crippen LogP contribution in [0.15, 0.2) is 36.4 Å². The summed E-state index contributed by atoms with van der Waals surface area (Å²) >= 11 is 18.1. The topological polar surface area (TPSA) is 49.6 Å². The van der Waals surface area contributed by atoms with E-state index in [1.807, 2.05) is 24.3 Å². The predicted octanol–water partition coefficient (Wildman–Crippen LogP) is 4.19. The molecular weight excluding hydrogens is 369 g/mol. The van der Waals surface area contributed by atoms with Crippen molar-refractivity contribution in [2.24, 2.45) is 0 Å². The van der Waals surface area contributed by atoms with Crippen LogP contribution >= 0.6 is 34.8 Å². The number of nitrogens with two attached hydrogens (primary N) is 1. The molecule has 1 amide bonds. The van der Waals surface area contributed by atoms with Crippen molar-refractivity contribution in [1.29, 1.82) is 0 Å². The van der Waals surface area contributed by atoms with Gasteiger partial charge in [-0.3, -0.25) is 4.79 Å². The second kappa shape index (κ2) is 7.09. The average molecular weight is 385 g/mol. The number of amides is 1. The summed E-state index contributed by atoms with van der Waals surface area (Å²) in [6.45, 7) is 2.71. The summed E-state index contributed by atoms with van der Waals surface area (Å²) in [5, 5.41) is 1.30. The standard InChI is InChI=1S/C17H16Cl3N3O/c18-12-2-1-3-13(10-12)22-4-6-23(7-5-22)17(24)11-8-14(19)16(21)15(20)9-11/h1-3,8-10H,4-7,21H2. The molecule has 4 nitrogen and oxygen atoms in total. The number of hydrogen-bond acceptors (Lipinski definition) is 3. The summed E-state index contributed by atoms with van der Waals surface area (Å²) in [4.78, 5) is 16.6. The van der Waals surface area contributed by atoms with Crippen molar-refractivity contribution in [3.63, 3.8) is 0 Å². The first-order valence-corrected chi connectivity index (χ1v) is 8.63. The smallest absolute Gasteiger partial charge is 0.254 e. The number of carbonyl (C=O) groups excluding carboxylic acids is 1. The van der Waals surface area contributed by atoms with Gasteiger partial charge in [-0.15, -0.1) is 0 Å². The zero-order valence-corrected chi connectivity index (χ0v) is 15.1. The van der Waals surface area contributed by atoms with Gasteiger partial charge in [0.2, 0.25) is 0 Å². The van der Waals surface area contributed by atoms with Crippen molar-refractivity contribution in [3.05, 3.63) is 57.0 Å². The largest absolute Gasteiger partial charge is 0.396 e. The number of hydrogen-bond donors (Lipinski definition) is 1. The first kappa shape index (κ1) is 17.2. The molecule has 24 heavy (non-hydrogen) atoms. The van der Waals surface area contributed by atoms with Crippen LogP contribution in [0.3, 0.4) is 0 Å². The molecule has 3 rings (SSSR count). The van der Waals surface area contributed by atoms with Gasteiger partial charge in [0.05, 0.1) is 15.7 Å². The first-order chi connectivity index (χ1) is 11.5. The van der Waals surface area contributed by atoms with E-state index < -0.39 is 0 Å². The molecule has 0 saturated carbocycles. The van der Waals surface area contributed by atoms with E-state index in [1.165, 1.54) is 0 Å². The van der Waals surface area contributed by atoms with Crippen molar-refractivity contribution in [2.75, 3.05) is 36.8 Å². The van der Waals surface area contributed by atoms with E-state index >= 15 is 0 Å². The van der Waals surface area contributed by atoms with E-state index in [2.05, 4.69) is 4.90 Å². The summed E-state index contributed by atoms with van der Waals surface area (Å²) in [7, 11) is 0. The van der Waals surface area contributed by atoms with Crippen molar-refractivity contribution < 1.29 is 4.79 Å². The fourth-order valence-electron chi connectivity index (χ4n) is 2.73. The number of nitrogen functional groups attached to an aromatic ring is 1. The Balaban J connectivity index is 1.69. The highest BCUT2D eigenvalue weighted by Gasteiger charge is 2.23. The van der Waals surface area contributed by atoms with Gasteiger partial charge >= 0.3 is 0 Å². The van der Waals surface area contributed by atoms with Crippen LogP contribution in [0.1, 0.15) is 10.4 Å². The van der Waals surface area contributed by atoms with Gasteiger partial charge in [0, 0.05) is 42.5 Å². The lowest BCUT2D eigenvalue weighted by Gasteiger charge is -2.36. The molecule has 0 unspecified atom stereocenters. The fraction of sp³-hybridized carbons (Fsp3) is 0.235. The molecule has 2 aromatic rings. The number of halogens is 3. The zero-order valence-electron chi connectivity index (χ0n) is 12.8. The van der Waals surface area contributed by atoms with Crippen LogP contribution in [0.2, 0.25) is 15.1 Å². The molecular formula is C17H16Cl3N3O. The van der Waals surface area contributed by atoms with Gasteiger partial charge in [0.25, 0.3) is 5.91 Å². The van der Waals surface area contributed by atoms with Crippen LogP contribution in [0.4, 0.5) is 11.4 Å². The zero-order chi connectivity index (χ0) is 17.3. The molecule has 0 radical (unpaired) electrons. The van der Waals surface area contributed by atoms with Crippen molar-refractivity contribution in [1.82, 2.24) is 4.90 Å². The third-order valence-corrected chi connectivity index (χ3v) is 4.93. The lowest BCUT2D eigenvalue weighted by Crippen LogP contribution is -2.48. The summed E-state index contributed by atoms with van der Waals surface area (Å²) in [5.41, 5.74) is 7.53. The van der Waals surface area contributed by atoms with Crippen molar-refractivity contribution in [2.45, 2.75) is 0 Å². The van der Waals surface area contributed by atoms with E-state index in [9.17, 15) is 4.79 Å². The second-order valence-corrected chi connectivity index (χ2v) is 6.86. The molecule has 1 aliphatic rings. The second-order valence-electron chi connectivity index (χ2n) is 5.61. The third kappa shape index (κ3) is 3.56. The molecule has 1 heterocycles. The van der Waals surface area contributed by atoms with Crippen molar-refractivity contribution >= 4 is 52.1 Å². The third-order valence-electron chi connectivity index (χ3n) is 4.07. The maximum absolute atomic E-state index is 12.6. The Labute approximate surface area is 155 Å². The highest BCUT2D eigenvalue weighted by molar-refractivity contribution is 6.39. The Bertz CT molecular complexity index is 750. The molecule has 126 valence electrons.